The summed E-state index contributed by atoms with van der Waals surface area (Å²) in [7, 11) is 0. The van der Waals surface area contributed by atoms with E-state index >= 15 is 0 Å². The maximum absolute atomic E-state index is 11.5. The van der Waals surface area contributed by atoms with Gasteiger partial charge in [-0.15, -0.1) is 11.3 Å². The molecule has 5 heteroatoms. The summed E-state index contributed by atoms with van der Waals surface area (Å²) >= 11 is 8.28. The zero-order chi connectivity index (χ0) is 10.4. The highest BCUT2D eigenvalue weighted by molar-refractivity contribution is 9.10. The number of rotatable bonds is 5. The average Bonchev–Trinajstić information content (AvgIpc) is 2.67. The van der Waals surface area contributed by atoms with Crippen molar-refractivity contribution in [1.29, 1.82) is 0 Å². The molecule has 1 aromatic heterocycles. The van der Waals surface area contributed by atoms with Crippen molar-refractivity contribution in [3.8, 4) is 0 Å². The van der Waals surface area contributed by atoms with Gasteiger partial charge in [-0.05, 0) is 17.9 Å². The van der Waals surface area contributed by atoms with Gasteiger partial charge in [0.2, 0.25) is 5.91 Å². The monoisotopic (exact) mass is 339 g/mol. The second kappa shape index (κ2) is 6.58. The van der Waals surface area contributed by atoms with Crippen molar-refractivity contribution in [3.05, 3.63) is 22.4 Å². The molecule has 0 fully saturated rings. The number of amides is 1. The van der Waals surface area contributed by atoms with Gasteiger partial charge in [-0.25, -0.2) is 0 Å². The molecule has 2 nitrogen and oxygen atoms in total. The smallest absolute Gasteiger partial charge is 0.234 e. The Labute approximate surface area is 104 Å². The van der Waals surface area contributed by atoms with Gasteiger partial charge in [-0.1, -0.05) is 37.9 Å². The molecule has 0 saturated heterocycles. The first kappa shape index (κ1) is 12.2. The summed E-state index contributed by atoms with van der Waals surface area (Å²) in [4.78, 5) is 12.5. The first-order chi connectivity index (χ1) is 6.74. The van der Waals surface area contributed by atoms with Gasteiger partial charge in [0, 0.05) is 10.2 Å². The maximum atomic E-state index is 11.5. The van der Waals surface area contributed by atoms with Crippen molar-refractivity contribution in [2.24, 2.45) is 0 Å². The summed E-state index contributed by atoms with van der Waals surface area (Å²) in [6.45, 7) is 0.626. The van der Waals surface area contributed by atoms with E-state index < -0.39 is 0 Å². The lowest BCUT2D eigenvalue weighted by molar-refractivity contribution is -0.120. The van der Waals surface area contributed by atoms with Gasteiger partial charge in [-0.3, -0.25) is 4.79 Å². The van der Waals surface area contributed by atoms with Crippen LogP contribution in [0.25, 0.3) is 0 Å². The number of thiophene rings is 1. The fourth-order valence-electron chi connectivity index (χ4n) is 0.925. The van der Waals surface area contributed by atoms with Gasteiger partial charge >= 0.3 is 0 Å². The second-order valence-electron chi connectivity index (χ2n) is 2.74. The van der Waals surface area contributed by atoms with Crippen LogP contribution >= 0.6 is 43.2 Å². The molecule has 1 atom stereocenters. The lowest BCUT2D eigenvalue weighted by atomic mass is 10.3. The largest absolute Gasteiger partial charge is 0.350 e. The molecule has 0 radical (unpaired) electrons. The molecule has 0 bridgehead atoms. The number of alkyl halides is 2. The van der Waals surface area contributed by atoms with Crippen LogP contribution in [0.4, 0.5) is 0 Å². The minimum absolute atomic E-state index is 0.0536. The number of nitrogens with one attached hydrogen (secondary N) is 1. The molecular formula is C9H11Br2NOS. The SMILES string of the molecule is O=C(NCc1cccs1)[C@@H](Br)CCBr. The molecule has 0 spiro atoms. The number of hydrogen-bond donors (Lipinski definition) is 1. The fraction of sp³-hybridized carbons (Fsp3) is 0.444. The van der Waals surface area contributed by atoms with Crippen molar-refractivity contribution in [2.45, 2.75) is 17.8 Å². The molecule has 1 N–H and O–H groups in total. The standard InChI is InChI=1S/C9H11Br2NOS/c10-4-3-8(11)9(13)12-6-7-2-1-5-14-7/h1-2,5,8H,3-4,6H2,(H,12,13)/t8-/m0/s1. The third-order valence-electron chi connectivity index (χ3n) is 1.66. The van der Waals surface area contributed by atoms with E-state index in [-0.39, 0.29) is 10.7 Å². The number of hydrogen-bond acceptors (Lipinski definition) is 2. The number of carbonyl (C=O) groups excluding carboxylic acids is 1. The zero-order valence-electron chi connectivity index (χ0n) is 7.50. The Hall–Kier alpha value is 0.130. The number of carbonyl (C=O) groups is 1. The van der Waals surface area contributed by atoms with Crippen molar-refractivity contribution < 1.29 is 4.79 Å². The predicted molar refractivity (Wildman–Crippen MR) is 67.3 cm³/mol. The highest BCUT2D eigenvalue weighted by Gasteiger charge is 2.12. The molecule has 78 valence electrons. The van der Waals surface area contributed by atoms with Crippen molar-refractivity contribution >= 4 is 49.1 Å². The summed E-state index contributed by atoms with van der Waals surface area (Å²) in [5.41, 5.74) is 0. The predicted octanol–water partition coefficient (Wildman–Crippen LogP) is 2.91. The lowest BCUT2D eigenvalue weighted by Crippen LogP contribution is -2.30. The van der Waals surface area contributed by atoms with E-state index in [1.54, 1.807) is 11.3 Å². The number of halogens is 2. The molecule has 1 amide bonds. The van der Waals surface area contributed by atoms with Crippen LogP contribution in [0.1, 0.15) is 11.3 Å². The molecule has 1 rings (SSSR count). The minimum atomic E-state index is -0.0955. The highest BCUT2D eigenvalue weighted by Crippen LogP contribution is 2.10. The van der Waals surface area contributed by atoms with Crippen LogP contribution in [-0.2, 0) is 11.3 Å². The lowest BCUT2D eigenvalue weighted by Gasteiger charge is -2.08. The third kappa shape index (κ3) is 4.11. The summed E-state index contributed by atoms with van der Waals surface area (Å²) in [6, 6.07) is 3.99. The Morgan fingerprint density at radius 2 is 2.43 bits per heavy atom. The first-order valence-electron chi connectivity index (χ1n) is 4.24. The van der Waals surface area contributed by atoms with E-state index in [1.165, 1.54) is 4.88 Å². The van der Waals surface area contributed by atoms with Crippen LogP contribution < -0.4 is 5.32 Å². The molecule has 0 aliphatic carbocycles. The summed E-state index contributed by atoms with van der Waals surface area (Å²) in [6.07, 6.45) is 0.802. The van der Waals surface area contributed by atoms with E-state index in [0.29, 0.717) is 6.54 Å². The topological polar surface area (TPSA) is 29.1 Å². The molecule has 0 aliphatic rings. The Morgan fingerprint density at radius 3 is 3.00 bits per heavy atom. The Balaban J connectivity index is 2.27. The van der Waals surface area contributed by atoms with Gasteiger partial charge in [0.25, 0.3) is 0 Å². The van der Waals surface area contributed by atoms with Crippen LogP contribution in [0.2, 0.25) is 0 Å². The molecule has 14 heavy (non-hydrogen) atoms. The third-order valence-corrected chi connectivity index (χ3v) is 3.87. The molecule has 0 aromatic carbocycles. The maximum Gasteiger partial charge on any atom is 0.234 e. The Morgan fingerprint density at radius 1 is 1.64 bits per heavy atom. The van der Waals surface area contributed by atoms with Crippen LogP contribution in [0.5, 0.6) is 0 Å². The van der Waals surface area contributed by atoms with Crippen LogP contribution in [0.15, 0.2) is 17.5 Å². The van der Waals surface area contributed by atoms with Crippen LogP contribution in [-0.4, -0.2) is 16.1 Å². The molecule has 1 aromatic rings. The second-order valence-corrected chi connectivity index (χ2v) is 5.67. The normalized spacial score (nSPS) is 12.4. The van der Waals surface area contributed by atoms with Crippen molar-refractivity contribution in [2.75, 3.05) is 5.33 Å². The highest BCUT2D eigenvalue weighted by atomic mass is 79.9. The van der Waals surface area contributed by atoms with E-state index in [2.05, 4.69) is 37.2 Å². The van der Waals surface area contributed by atoms with Gasteiger partial charge in [0.1, 0.15) is 0 Å². The van der Waals surface area contributed by atoms with Crippen molar-refractivity contribution in [3.63, 3.8) is 0 Å². The van der Waals surface area contributed by atoms with Crippen molar-refractivity contribution in [1.82, 2.24) is 5.32 Å². The van der Waals surface area contributed by atoms with Gasteiger partial charge in [0.15, 0.2) is 0 Å². The summed E-state index contributed by atoms with van der Waals surface area (Å²) in [5.74, 6) is 0.0536. The first-order valence-corrected chi connectivity index (χ1v) is 7.16. The summed E-state index contributed by atoms with van der Waals surface area (Å²) < 4.78 is 0. The Kier molecular flexibility index (Phi) is 5.74. The van der Waals surface area contributed by atoms with Gasteiger partial charge in [0.05, 0.1) is 11.4 Å². The van der Waals surface area contributed by atoms with Gasteiger partial charge < -0.3 is 5.32 Å². The zero-order valence-corrected chi connectivity index (χ0v) is 11.5. The molecule has 0 aliphatic heterocycles. The van der Waals surface area contributed by atoms with Crippen LogP contribution in [0, 0.1) is 0 Å². The average molecular weight is 341 g/mol. The van der Waals surface area contributed by atoms with E-state index in [4.69, 9.17) is 0 Å². The Bertz CT molecular complexity index is 276. The van der Waals surface area contributed by atoms with E-state index in [9.17, 15) is 4.79 Å². The summed E-state index contributed by atoms with van der Waals surface area (Å²) in [5, 5.41) is 5.71. The quantitative estimate of drug-likeness (QED) is 0.820. The molecule has 0 unspecified atom stereocenters. The minimum Gasteiger partial charge on any atom is -0.350 e. The molecule has 1 heterocycles. The van der Waals surface area contributed by atoms with E-state index in [1.807, 2.05) is 17.5 Å². The fourth-order valence-corrected chi connectivity index (χ4v) is 3.03. The van der Waals surface area contributed by atoms with E-state index in [0.717, 1.165) is 11.8 Å². The van der Waals surface area contributed by atoms with Gasteiger partial charge in [-0.2, -0.15) is 0 Å². The molecular weight excluding hydrogens is 330 g/mol. The van der Waals surface area contributed by atoms with Crippen LogP contribution in [0.3, 0.4) is 0 Å². The molecule has 0 saturated carbocycles.